The van der Waals surface area contributed by atoms with Crippen molar-refractivity contribution in [2.45, 2.75) is 25.3 Å². The molecule has 1 fully saturated rings. The number of anilines is 1. The summed E-state index contributed by atoms with van der Waals surface area (Å²) in [6.45, 7) is 0.755. The lowest BCUT2D eigenvalue weighted by Crippen LogP contribution is -2.43. The van der Waals surface area contributed by atoms with Crippen molar-refractivity contribution in [3.8, 4) is 11.1 Å². The quantitative estimate of drug-likeness (QED) is 0.381. The number of carbonyl (C=O) groups is 3. The minimum Gasteiger partial charge on any atom is -0.372 e. The minimum atomic E-state index is -0.846. The van der Waals surface area contributed by atoms with Crippen LogP contribution in [-0.4, -0.2) is 30.6 Å². The van der Waals surface area contributed by atoms with Crippen molar-refractivity contribution in [3.63, 3.8) is 0 Å². The van der Waals surface area contributed by atoms with E-state index in [1.54, 1.807) is 24.3 Å². The van der Waals surface area contributed by atoms with Gasteiger partial charge in [0.25, 0.3) is 0 Å². The lowest BCUT2D eigenvalue weighted by atomic mass is 9.88. The summed E-state index contributed by atoms with van der Waals surface area (Å²) >= 11 is 0. The summed E-state index contributed by atoms with van der Waals surface area (Å²) < 4.78 is 5.01. The summed E-state index contributed by atoms with van der Waals surface area (Å²) in [4.78, 5) is 36.3. The number of rotatable bonds is 6. The first-order chi connectivity index (χ1) is 16.5. The minimum absolute atomic E-state index is 0.106. The van der Waals surface area contributed by atoms with E-state index in [9.17, 15) is 14.4 Å². The Morgan fingerprint density at radius 2 is 1.65 bits per heavy atom. The maximum atomic E-state index is 12.5. The highest BCUT2D eigenvalue weighted by atomic mass is 16.6. The highest BCUT2D eigenvalue weighted by Crippen LogP contribution is 2.27. The number of benzene rings is 3. The second-order valence-corrected chi connectivity index (χ2v) is 8.39. The van der Waals surface area contributed by atoms with Gasteiger partial charge in [0.15, 0.2) is 0 Å². The Bertz CT molecular complexity index is 1160. The summed E-state index contributed by atoms with van der Waals surface area (Å²) in [6.07, 6.45) is 1.33. The van der Waals surface area contributed by atoms with Gasteiger partial charge in [-0.3, -0.25) is 10.1 Å². The van der Waals surface area contributed by atoms with E-state index in [-0.39, 0.29) is 23.4 Å². The van der Waals surface area contributed by atoms with Gasteiger partial charge in [-0.2, -0.15) is 0 Å². The molecule has 34 heavy (non-hydrogen) atoms. The molecular weight excluding hydrogens is 430 g/mol. The van der Waals surface area contributed by atoms with Gasteiger partial charge in [0.1, 0.15) is 0 Å². The zero-order chi connectivity index (χ0) is 23.9. The van der Waals surface area contributed by atoms with Crippen LogP contribution in [-0.2, 0) is 16.0 Å². The molecule has 0 aromatic heterocycles. The van der Waals surface area contributed by atoms with Crippen LogP contribution in [0, 0.1) is 5.92 Å². The first-order valence-corrected chi connectivity index (χ1v) is 11.3. The fraction of sp³-hybridized carbons (Fsp3) is 0.222. The van der Waals surface area contributed by atoms with Gasteiger partial charge >= 0.3 is 12.1 Å². The second kappa shape index (κ2) is 10.8. The van der Waals surface area contributed by atoms with Crippen LogP contribution in [0.2, 0.25) is 0 Å². The molecule has 3 aromatic rings. The molecule has 0 radical (unpaired) electrons. The van der Waals surface area contributed by atoms with Crippen LogP contribution in [0.25, 0.3) is 11.1 Å². The molecule has 2 atom stereocenters. The molecule has 0 aliphatic carbocycles. The summed E-state index contributed by atoms with van der Waals surface area (Å²) in [5, 5.41) is 6.06. The van der Waals surface area contributed by atoms with Crippen molar-refractivity contribution in [1.82, 2.24) is 5.32 Å². The molecule has 0 spiro atoms. The third-order valence-electron chi connectivity index (χ3n) is 6.00. The van der Waals surface area contributed by atoms with Gasteiger partial charge < -0.3 is 15.8 Å². The standard InChI is InChI=1S/C27H27N3O4/c28-25(31)21-14-15-29-22(17-21)16-18-10-12-20(13-11-18)26(32)34-27(33)30-24-9-5-4-8-23(24)19-6-2-1-3-7-19/h1-13,21-22,29H,14-17H2,(H2,28,31)(H,30,33). The molecule has 1 heterocycles. The van der Waals surface area contributed by atoms with Crippen molar-refractivity contribution < 1.29 is 19.1 Å². The van der Waals surface area contributed by atoms with Gasteiger partial charge in [-0.25, -0.2) is 9.59 Å². The summed E-state index contributed by atoms with van der Waals surface area (Å²) in [5.41, 5.74) is 9.06. The van der Waals surface area contributed by atoms with Crippen LogP contribution < -0.4 is 16.4 Å². The Morgan fingerprint density at radius 1 is 0.941 bits per heavy atom. The molecule has 1 aliphatic rings. The fourth-order valence-electron chi connectivity index (χ4n) is 4.22. The molecule has 4 N–H and O–H groups in total. The van der Waals surface area contributed by atoms with Gasteiger partial charge in [-0.05, 0) is 55.1 Å². The Labute approximate surface area is 198 Å². The van der Waals surface area contributed by atoms with Crippen molar-refractivity contribution in [3.05, 3.63) is 90.0 Å². The van der Waals surface area contributed by atoms with Crippen LogP contribution in [0.3, 0.4) is 0 Å². The predicted molar refractivity (Wildman–Crippen MR) is 130 cm³/mol. The zero-order valence-electron chi connectivity index (χ0n) is 18.7. The number of hydrogen-bond acceptors (Lipinski definition) is 5. The number of primary amides is 1. The van der Waals surface area contributed by atoms with E-state index in [1.807, 2.05) is 54.6 Å². The van der Waals surface area contributed by atoms with Crippen LogP contribution in [0.15, 0.2) is 78.9 Å². The second-order valence-electron chi connectivity index (χ2n) is 8.39. The van der Waals surface area contributed by atoms with E-state index in [2.05, 4.69) is 10.6 Å². The molecule has 3 aromatic carbocycles. The number of piperidine rings is 1. The number of carbonyl (C=O) groups excluding carboxylic acids is 3. The van der Waals surface area contributed by atoms with E-state index in [0.29, 0.717) is 12.1 Å². The number of nitrogens with one attached hydrogen (secondary N) is 2. The lowest BCUT2D eigenvalue weighted by Gasteiger charge is -2.28. The zero-order valence-corrected chi connectivity index (χ0v) is 18.7. The Kier molecular flexibility index (Phi) is 7.34. The van der Waals surface area contributed by atoms with Crippen molar-refractivity contribution in [1.29, 1.82) is 0 Å². The summed E-state index contributed by atoms with van der Waals surface area (Å²) in [5.74, 6) is -1.09. The summed E-state index contributed by atoms with van der Waals surface area (Å²) in [6, 6.07) is 24.0. The molecule has 0 saturated carbocycles. The number of para-hydroxylation sites is 1. The smallest absolute Gasteiger partial charge is 0.372 e. The van der Waals surface area contributed by atoms with E-state index in [1.165, 1.54) is 0 Å². The monoisotopic (exact) mass is 457 g/mol. The van der Waals surface area contributed by atoms with E-state index >= 15 is 0 Å². The molecule has 7 heteroatoms. The molecule has 174 valence electrons. The van der Waals surface area contributed by atoms with Crippen LogP contribution >= 0.6 is 0 Å². The fourth-order valence-corrected chi connectivity index (χ4v) is 4.22. The van der Waals surface area contributed by atoms with Gasteiger partial charge in [0, 0.05) is 17.5 Å². The Hall–Kier alpha value is -3.97. The van der Waals surface area contributed by atoms with E-state index < -0.39 is 12.1 Å². The maximum Gasteiger partial charge on any atom is 0.419 e. The number of nitrogens with two attached hydrogens (primary N) is 1. The largest absolute Gasteiger partial charge is 0.419 e. The molecular formula is C27H27N3O4. The lowest BCUT2D eigenvalue weighted by molar-refractivity contribution is -0.122. The summed E-state index contributed by atoms with van der Waals surface area (Å²) in [7, 11) is 0. The molecule has 1 saturated heterocycles. The molecule has 4 rings (SSSR count). The predicted octanol–water partition coefficient (Wildman–Crippen LogP) is 4.14. The molecule has 2 unspecified atom stereocenters. The molecule has 2 amide bonds. The average Bonchev–Trinajstić information content (AvgIpc) is 2.85. The highest BCUT2D eigenvalue weighted by Gasteiger charge is 2.25. The highest BCUT2D eigenvalue weighted by molar-refractivity contribution is 6.01. The van der Waals surface area contributed by atoms with Gasteiger partial charge in [0.05, 0.1) is 11.3 Å². The SMILES string of the molecule is NC(=O)C1CCNC(Cc2ccc(C(=O)OC(=O)Nc3ccccc3-c3ccccc3)cc2)C1. The Morgan fingerprint density at radius 3 is 2.38 bits per heavy atom. The van der Waals surface area contributed by atoms with Crippen LogP contribution in [0.4, 0.5) is 10.5 Å². The number of hydrogen-bond donors (Lipinski definition) is 3. The van der Waals surface area contributed by atoms with E-state index in [0.717, 1.165) is 36.1 Å². The Balaban J connectivity index is 1.35. The topological polar surface area (TPSA) is 111 Å². The first-order valence-electron chi connectivity index (χ1n) is 11.3. The number of esters is 1. The van der Waals surface area contributed by atoms with Crippen molar-refractivity contribution >= 4 is 23.7 Å². The van der Waals surface area contributed by atoms with Crippen LogP contribution in [0.1, 0.15) is 28.8 Å². The number of amides is 2. The molecule has 0 bridgehead atoms. The van der Waals surface area contributed by atoms with Gasteiger partial charge in [-0.15, -0.1) is 0 Å². The van der Waals surface area contributed by atoms with Crippen molar-refractivity contribution in [2.75, 3.05) is 11.9 Å². The van der Waals surface area contributed by atoms with Gasteiger partial charge in [0.2, 0.25) is 5.91 Å². The van der Waals surface area contributed by atoms with Crippen LogP contribution in [0.5, 0.6) is 0 Å². The van der Waals surface area contributed by atoms with E-state index in [4.69, 9.17) is 10.5 Å². The maximum absolute atomic E-state index is 12.5. The average molecular weight is 458 g/mol. The number of ether oxygens (including phenoxy) is 1. The third kappa shape index (κ3) is 5.88. The normalized spacial score (nSPS) is 17.5. The first kappa shape index (κ1) is 23.2. The third-order valence-corrected chi connectivity index (χ3v) is 6.00. The van der Waals surface area contributed by atoms with Crippen molar-refractivity contribution in [2.24, 2.45) is 11.7 Å². The van der Waals surface area contributed by atoms with Gasteiger partial charge in [-0.1, -0.05) is 60.7 Å². The molecule has 7 nitrogen and oxygen atoms in total. The molecule has 1 aliphatic heterocycles.